The van der Waals surface area contributed by atoms with Crippen LogP contribution in [0.2, 0.25) is 0 Å². The zero-order valence-corrected chi connectivity index (χ0v) is 12.9. The van der Waals surface area contributed by atoms with Gasteiger partial charge in [-0.25, -0.2) is 0 Å². The number of carbonyl (C=O) groups is 1. The second-order valence-electron chi connectivity index (χ2n) is 5.37. The van der Waals surface area contributed by atoms with Crippen LogP contribution in [0.15, 0.2) is 65.5 Å². The van der Waals surface area contributed by atoms with E-state index in [4.69, 9.17) is 4.52 Å². The van der Waals surface area contributed by atoms with Gasteiger partial charge in [-0.1, -0.05) is 47.6 Å². The van der Waals surface area contributed by atoms with E-state index < -0.39 is 0 Å². The van der Waals surface area contributed by atoms with E-state index in [9.17, 15) is 9.90 Å². The van der Waals surface area contributed by atoms with Gasteiger partial charge in [-0.3, -0.25) is 4.79 Å². The van der Waals surface area contributed by atoms with Crippen LogP contribution >= 0.6 is 0 Å². The second-order valence-corrected chi connectivity index (χ2v) is 5.37. The van der Waals surface area contributed by atoms with Crippen LogP contribution in [0.25, 0.3) is 11.4 Å². The van der Waals surface area contributed by atoms with Gasteiger partial charge in [0.25, 0.3) is 5.91 Å². The van der Waals surface area contributed by atoms with Crippen molar-refractivity contribution in [3.8, 4) is 11.4 Å². The average Bonchev–Trinajstić information content (AvgIpc) is 3.17. The molecule has 1 heterocycles. The molecule has 6 heteroatoms. The first-order chi connectivity index (χ1) is 11.8. The first-order valence-corrected chi connectivity index (χ1v) is 7.58. The highest BCUT2D eigenvalue weighted by Gasteiger charge is 2.14. The number of nitrogens with one attached hydrogen (secondary N) is 1. The highest BCUT2D eigenvalue weighted by atomic mass is 16.5. The topological polar surface area (TPSA) is 88.2 Å². The molecule has 2 N–H and O–H groups in total. The lowest BCUT2D eigenvalue weighted by atomic mass is 10.1. The van der Waals surface area contributed by atoms with E-state index in [1.807, 2.05) is 30.3 Å². The molecule has 0 aliphatic heterocycles. The highest BCUT2D eigenvalue weighted by molar-refractivity contribution is 5.94. The van der Waals surface area contributed by atoms with Crippen LogP contribution in [0.5, 0.6) is 0 Å². The van der Waals surface area contributed by atoms with Crippen molar-refractivity contribution >= 4 is 5.91 Å². The van der Waals surface area contributed by atoms with Crippen molar-refractivity contribution in [3.63, 3.8) is 0 Å². The summed E-state index contributed by atoms with van der Waals surface area (Å²) < 4.78 is 4.70. The van der Waals surface area contributed by atoms with Crippen molar-refractivity contribution in [3.05, 3.63) is 72.1 Å². The monoisotopic (exact) mass is 323 g/mol. The van der Waals surface area contributed by atoms with Crippen LogP contribution in [0, 0.1) is 0 Å². The normalized spacial score (nSPS) is 11.9. The van der Waals surface area contributed by atoms with Crippen LogP contribution in [0.3, 0.4) is 0 Å². The van der Waals surface area contributed by atoms with E-state index in [-0.39, 0.29) is 18.6 Å². The Morgan fingerprint density at radius 1 is 1.12 bits per heavy atom. The Bertz CT molecular complexity index is 771. The van der Waals surface area contributed by atoms with Gasteiger partial charge in [0.15, 0.2) is 0 Å². The van der Waals surface area contributed by atoms with Gasteiger partial charge in [-0.05, 0) is 24.1 Å². The van der Waals surface area contributed by atoms with Gasteiger partial charge in [0.05, 0.1) is 12.6 Å². The van der Waals surface area contributed by atoms with Crippen LogP contribution in [0.4, 0.5) is 0 Å². The Hall–Kier alpha value is -2.99. The number of aliphatic hydroxyl groups excluding tert-OH is 1. The molecule has 1 unspecified atom stereocenters. The number of hydrogen-bond acceptors (Lipinski definition) is 5. The molecule has 0 spiro atoms. The number of carbonyl (C=O) groups excluding carboxylic acids is 1. The number of rotatable bonds is 6. The van der Waals surface area contributed by atoms with E-state index in [0.29, 0.717) is 17.8 Å². The van der Waals surface area contributed by atoms with Gasteiger partial charge in [0.1, 0.15) is 0 Å². The molecule has 0 saturated carbocycles. The third-order valence-corrected chi connectivity index (χ3v) is 3.65. The molecule has 2 aromatic carbocycles. The predicted octanol–water partition coefficient (Wildman–Crippen LogP) is 2.07. The third-order valence-electron chi connectivity index (χ3n) is 3.65. The summed E-state index contributed by atoms with van der Waals surface area (Å²) in [5.74, 6) is 0.240. The fraction of sp³-hybridized carbons (Fsp3) is 0.167. The quantitative estimate of drug-likeness (QED) is 0.725. The number of nitrogens with zero attached hydrogens (tertiary/aromatic N) is 2. The van der Waals surface area contributed by atoms with Crippen molar-refractivity contribution in [2.45, 2.75) is 12.5 Å². The van der Waals surface area contributed by atoms with Crippen molar-refractivity contribution in [1.29, 1.82) is 0 Å². The summed E-state index contributed by atoms with van der Waals surface area (Å²) in [5.41, 5.74) is 2.33. The fourth-order valence-corrected chi connectivity index (χ4v) is 2.40. The lowest BCUT2D eigenvalue weighted by Gasteiger charge is -2.16. The largest absolute Gasteiger partial charge is 0.394 e. The standard InChI is InChI=1S/C18H17N3O3/c22-11-16(10-13-4-2-1-3-5-13)20-18(23)15-8-6-14(7-9-15)17-19-12-24-21-17/h1-9,12,16,22H,10-11H2,(H,20,23). The zero-order valence-electron chi connectivity index (χ0n) is 12.9. The van der Waals surface area contributed by atoms with Gasteiger partial charge in [-0.15, -0.1) is 0 Å². The smallest absolute Gasteiger partial charge is 0.251 e. The maximum absolute atomic E-state index is 12.3. The Morgan fingerprint density at radius 3 is 2.50 bits per heavy atom. The maximum atomic E-state index is 12.3. The summed E-state index contributed by atoms with van der Waals surface area (Å²) in [4.78, 5) is 16.3. The molecule has 0 fully saturated rings. The summed E-state index contributed by atoms with van der Waals surface area (Å²) in [6, 6.07) is 16.3. The molecule has 0 radical (unpaired) electrons. The third kappa shape index (κ3) is 3.85. The number of aromatic nitrogens is 2. The molecular formula is C18H17N3O3. The molecule has 6 nitrogen and oxygen atoms in total. The number of aliphatic hydroxyl groups is 1. The molecule has 1 aromatic heterocycles. The van der Waals surface area contributed by atoms with E-state index in [2.05, 4.69) is 15.5 Å². The van der Waals surface area contributed by atoms with Crippen molar-refractivity contribution < 1.29 is 14.4 Å². The van der Waals surface area contributed by atoms with Gasteiger partial charge in [-0.2, -0.15) is 4.98 Å². The lowest BCUT2D eigenvalue weighted by molar-refractivity contribution is 0.0916. The van der Waals surface area contributed by atoms with E-state index in [1.165, 1.54) is 6.39 Å². The van der Waals surface area contributed by atoms with Crippen LogP contribution in [-0.2, 0) is 6.42 Å². The average molecular weight is 323 g/mol. The Balaban J connectivity index is 1.65. The predicted molar refractivity (Wildman–Crippen MR) is 88.2 cm³/mol. The summed E-state index contributed by atoms with van der Waals surface area (Å²) in [7, 11) is 0. The molecule has 0 saturated heterocycles. The maximum Gasteiger partial charge on any atom is 0.251 e. The van der Waals surface area contributed by atoms with Gasteiger partial charge in [0, 0.05) is 11.1 Å². The first-order valence-electron chi connectivity index (χ1n) is 7.58. The number of amides is 1. The minimum Gasteiger partial charge on any atom is -0.394 e. The van der Waals surface area contributed by atoms with E-state index in [0.717, 1.165) is 11.1 Å². The van der Waals surface area contributed by atoms with Crippen LogP contribution in [-0.4, -0.2) is 33.8 Å². The molecule has 1 amide bonds. The molecule has 1 atom stereocenters. The van der Waals surface area contributed by atoms with Crippen LogP contribution in [0.1, 0.15) is 15.9 Å². The summed E-state index contributed by atoms with van der Waals surface area (Å²) >= 11 is 0. The van der Waals surface area contributed by atoms with Crippen molar-refractivity contribution in [1.82, 2.24) is 15.5 Å². The van der Waals surface area contributed by atoms with Crippen molar-refractivity contribution in [2.75, 3.05) is 6.61 Å². The number of hydrogen-bond donors (Lipinski definition) is 2. The lowest BCUT2D eigenvalue weighted by Crippen LogP contribution is -2.39. The summed E-state index contributed by atoms with van der Waals surface area (Å²) in [5, 5.41) is 16.1. The van der Waals surface area contributed by atoms with E-state index >= 15 is 0 Å². The molecule has 3 rings (SSSR count). The fourth-order valence-electron chi connectivity index (χ4n) is 2.40. The Labute approximate surface area is 139 Å². The minimum atomic E-state index is -0.336. The summed E-state index contributed by atoms with van der Waals surface area (Å²) in [6.45, 7) is -0.123. The van der Waals surface area contributed by atoms with E-state index in [1.54, 1.807) is 24.3 Å². The van der Waals surface area contributed by atoms with Gasteiger partial charge >= 0.3 is 0 Å². The second kappa shape index (κ2) is 7.52. The number of benzene rings is 2. The molecule has 3 aromatic rings. The SMILES string of the molecule is O=C(NC(CO)Cc1ccccc1)c1ccc(-c2ncon2)cc1. The Kier molecular flexibility index (Phi) is 4.98. The molecule has 0 aliphatic rings. The molecule has 0 bridgehead atoms. The molecular weight excluding hydrogens is 306 g/mol. The van der Waals surface area contributed by atoms with Crippen LogP contribution < -0.4 is 5.32 Å². The van der Waals surface area contributed by atoms with Crippen molar-refractivity contribution in [2.24, 2.45) is 0 Å². The Morgan fingerprint density at radius 2 is 1.88 bits per heavy atom. The minimum absolute atomic E-state index is 0.123. The highest BCUT2D eigenvalue weighted by Crippen LogP contribution is 2.15. The summed E-state index contributed by atoms with van der Waals surface area (Å²) in [6.07, 6.45) is 1.83. The molecule has 0 aliphatic carbocycles. The van der Waals surface area contributed by atoms with Gasteiger partial charge < -0.3 is 14.9 Å². The first kappa shape index (κ1) is 15.9. The van der Waals surface area contributed by atoms with Gasteiger partial charge in [0.2, 0.25) is 12.2 Å². The zero-order chi connectivity index (χ0) is 16.8. The molecule has 24 heavy (non-hydrogen) atoms. The molecule has 122 valence electrons.